The van der Waals surface area contributed by atoms with Crippen molar-refractivity contribution in [3.63, 3.8) is 0 Å². The Bertz CT molecular complexity index is 1030. The van der Waals surface area contributed by atoms with E-state index in [1.165, 1.54) is 16.9 Å². The highest BCUT2D eigenvalue weighted by molar-refractivity contribution is 6.00. The van der Waals surface area contributed by atoms with Crippen molar-refractivity contribution < 1.29 is 9.18 Å². The van der Waals surface area contributed by atoms with E-state index in [0.717, 1.165) is 0 Å². The van der Waals surface area contributed by atoms with E-state index in [0.29, 0.717) is 29.9 Å². The quantitative estimate of drug-likeness (QED) is 0.733. The van der Waals surface area contributed by atoms with Gasteiger partial charge >= 0.3 is 0 Å². The van der Waals surface area contributed by atoms with Crippen molar-refractivity contribution in [2.75, 3.05) is 5.32 Å². The minimum atomic E-state index is -0.828. The second-order valence-electron chi connectivity index (χ2n) is 6.12. The zero-order valence-corrected chi connectivity index (χ0v) is 13.7. The highest BCUT2D eigenvalue weighted by Gasteiger charge is 2.52. The molecule has 0 unspecified atom stereocenters. The van der Waals surface area contributed by atoms with E-state index < -0.39 is 5.41 Å². The molecular formula is C19H14FN5O. The maximum absolute atomic E-state index is 14.1. The lowest BCUT2D eigenvalue weighted by molar-refractivity contribution is -0.118. The predicted molar refractivity (Wildman–Crippen MR) is 93.6 cm³/mol. The summed E-state index contributed by atoms with van der Waals surface area (Å²) in [7, 11) is 0. The van der Waals surface area contributed by atoms with Crippen molar-refractivity contribution in [2.24, 2.45) is 0 Å². The molecule has 3 aromatic rings. The number of halogens is 1. The first kappa shape index (κ1) is 16.0. The van der Waals surface area contributed by atoms with Crippen LogP contribution in [-0.4, -0.2) is 20.7 Å². The molecule has 1 N–H and O–H groups in total. The van der Waals surface area contributed by atoms with Crippen molar-refractivity contribution >= 4 is 17.5 Å². The topological polar surface area (TPSA) is 64.2 Å². The van der Waals surface area contributed by atoms with E-state index in [1.807, 2.05) is 0 Å². The van der Waals surface area contributed by atoms with Gasteiger partial charge in [0.25, 0.3) is 5.82 Å². The largest absolute Gasteiger partial charge is 0.359 e. The van der Waals surface area contributed by atoms with Gasteiger partial charge in [0, 0.05) is 17.8 Å². The SMILES string of the molecule is [C-]#[N+]c1ncccc1-n1ccc(NC(=O)C2(c3ccccc3F)CC2)n1. The van der Waals surface area contributed by atoms with Crippen LogP contribution in [0.15, 0.2) is 54.9 Å². The maximum atomic E-state index is 14.1. The van der Waals surface area contributed by atoms with Crippen LogP contribution in [0.5, 0.6) is 0 Å². The monoisotopic (exact) mass is 347 g/mol. The van der Waals surface area contributed by atoms with Gasteiger partial charge in [-0.1, -0.05) is 24.8 Å². The third-order valence-electron chi connectivity index (χ3n) is 4.52. The lowest BCUT2D eigenvalue weighted by atomic mass is 9.94. The maximum Gasteiger partial charge on any atom is 0.295 e. The second-order valence-corrected chi connectivity index (χ2v) is 6.12. The molecule has 0 radical (unpaired) electrons. The number of hydrogen-bond acceptors (Lipinski definition) is 3. The number of anilines is 1. The van der Waals surface area contributed by atoms with Gasteiger partial charge in [0.05, 0.1) is 11.1 Å². The number of carbonyl (C=O) groups is 1. The smallest absolute Gasteiger partial charge is 0.295 e. The third kappa shape index (κ3) is 2.62. The highest BCUT2D eigenvalue weighted by Crippen LogP contribution is 2.49. The zero-order chi connectivity index (χ0) is 18.1. The van der Waals surface area contributed by atoms with Crippen LogP contribution in [0.3, 0.4) is 0 Å². The molecule has 7 heteroatoms. The molecule has 0 saturated heterocycles. The Labute approximate surface area is 149 Å². The number of nitrogens with one attached hydrogen (secondary N) is 1. The predicted octanol–water partition coefficient (Wildman–Crippen LogP) is 3.63. The van der Waals surface area contributed by atoms with Gasteiger partial charge < -0.3 is 10.2 Å². The standard InChI is InChI=1S/C19H14FN5O/c1-21-17-15(7-4-11-22-17)25-12-8-16(24-25)23-18(26)19(9-10-19)13-5-2-3-6-14(13)20/h2-8,11-12H,9-10H2,(H,23,24,26). The molecule has 0 bridgehead atoms. The molecule has 1 amide bonds. The number of nitrogens with zero attached hydrogens (tertiary/aromatic N) is 4. The molecule has 1 saturated carbocycles. The first-order valence-electron chi connectivity index (χ1n) is 8.09. The summed E-state index contributed by atoms with van der Waals surface area (Å²) in [5, 5.41) is 7.06. The number of carbonyl (C=O) groups excluding carboxylic acids is 1. The minimum absolute atomic E-state index is 0.221. The van der Waals surface area contributed by atoms with Gasteiger partial charge in [-0.2, -0.15) is 5.10 Å². The minimum Gasteiger partial charge on any atom is -0.359 e. The van der Waals surface area contributed by atoms with E-state index in [1.54, 1.807) is 42.6 Å². The fourth-order valence-electron chi connectivity index (χ4n) is 3.01. The summed E-state index contributed by atoms with van der Waals surface area (Å²) in [4.78, 5) is 20.1. The molecular weight excluding hydrogens is 333 g/mol. The van der Waals surface area contributed by atoms with E-state index >= 15 is 0 Å². The normalized spacial score (nSPS) is 14.5. The van der Waals surface area contributed by atoms with Crippen molar-refractivity contribution in [1.82, 2.24) is 14.8 Å². The van der Waals surface area contributed by atoms with Gasteiger partial charge in [-0.3, -0.25) is 4.79 Å². The fourth-order valence-corrected chi connectivity index (χ4v) is 3.01. The van der Waals surface area contributed by atoms with Crippen molar-refractivity contribution in [2.45, 2.75) is 18.3 Å². The Morgan fingerprint density at radius 2 is 2.04 bits per heavy atom. The average Bonchev–Trinajstić information content (AvgIpc) is 3.35. The Hall–Kier alpha value is -3.53. The number of pyridine rings is 1. The summed E-state index contributed by atoms with van der Waals surface area (Å²) in [6.07, 6.45) is 4.38. The van der Waals surface area contributed by atoms with E-state index in [9.17, 15) is 9.18 Å². The number of rotatable bonds is 4. The zero-order valence-electron chi connectivity index (χ0n) is 13.7. The summed E-state index contributed by atoms with van der Waals surface area (Å²) in [5.41, 5.74) is 0.114. The third-order valence-corrected chi connectivity index (χ3v) is 4.52. The summed E-state index contributed by atoms with van der Waals surface area (Å²) in [5.74, 6) is -0.0805. The average molecular weight is 347 g/mol. The van der Waals surface area contributed by atoms with Crippen LogP contribution in [0.1, 0.15) is 18.4 Å². The molecule has 1 aliphatic rings. The van der Waals surface area contributed by atoms with Crippen LogP contribution in [0.2, 0.25) is 0 Å². The van der Waals surface area contributed by atoms with Gasteiger partial charge in [0.15, 0.2) is 5.82 Å². The van der Waals surface area contributed by atoms with Gasteiger partial charge in [0.2, 0.25) is 5.91 Å². The Kier molecular flexibility index (Phi) is 3.73. The van der Waals surface area contributed by atoms with Crippen LogP contribution in [0.4, 0.5) is 16.0 Å². The summed E-state index contributed by atoms with van der Waals surface area (Å²) < 4.78 is 15.6. The highest BCUT2D eigenvalue weighted by atomic mass is 19.1. The van der Waals surface area contributed by atoms with Crippen LogP contribution in [0.25, 0.3) is 10.5 Å². The van der Waals surface area contributed by atoms with E-state index in [-0.39, 0.29) is 17.5 Å². The van der Waals surface area contributed by atoms with Gasteiger partial charge in [-0.05, 0) is 31.0 Å². The molecule has 1 aliphatic carbocycles. The van der Waals surface area contributed by atoms with Crippen LogP contribution >= 0.6 is 0 Å². The van der Waals surface area contributed by atoms with Gasteiger partial charge in [-0.15, -0.1) is 4.98 Å². The van der Waals surface area contributed by atoms with Crippen LogP contribution < -0.4 is 5.32 Å². The van der Waals surface area contributed by atoms with Crippen molar-refractivity contribution in [3.05, 3.63) is 77.7 Å². The fraction of sp³-hybridized carbons (Fsp3) is 0.158. The van der Waals surface area contributed by atoms with E-state index in [2.05, 4.69) is 20.2 Å². The summed E-state index contributed by atoms with van der Waals surface area (Å²) in [6, 6.07) is 11.4. The Morgan fingerprint density at radius 1 is 1.23 bits per heavy atom. The molecule has 4 rings (SSSR count). The van der Waals surface area contributed by atoms with E-state index in [4.69, 9.17) is 6.57 Å². The Morgan fingerprint density at radius 3 is 2.77 bits per heavy atom. The van der Waals surface area contributed by atoms with Gasteiger partial charge in [0.1, 0.15) is 12.0 Å². The first-order chi connectivity index (χ1) is 12.6. The summed E-state index contributed by atoms with van der Waals surface area (Å²) >= 11 is 0. The van der Waals surface area contributed by atoms with Gasteiger partial charge in [-0.25, -0.2) is 9.07 Å². The Balaban J connectivity index is 1.58. The van der Waals surface area contributed by atoms with Crippen molar-refractivity contribution in [1.29, 1.82) is 0 Å². The molecule has 0 atom stereocenters. The van der Waals surface area contributed by atoms with Crippen molar-refractivity contribution in [3.8, 4) is 5.69 Å². The van der Waals surface area contributed by atoms with Crippen LogP contribution in [-0.2, 0) is 10.2 Å². The molecule has 2 heterocycles. The molecule has 1 aromatic carbocycles. The molecule has 0 aliphatic heterocycles. The lowest BCUT2D eigenvalue weighted by Crippen LogP contribution is -2.29. The second kappa shape index (κ2) is 6.08. The van der Waals surface area contributed by atoms with Crippen LogP contribution in [0, 0.1) is 12.4 Å². The summed E-state index contributed by atoms with van der Waals surface area (Å²) in [6.45, 7) is 7.18. The molecule has 26 heavy (non-hydrogen) atoms. The first-order valence-corrected chi connectivity index (χ1v) is 8.09. The number of benzene rings is 1. The molecule has 128 valence electrons. The molecule has 0 spiro atoms. The molecule has 6 nitrogen and oxygen atoms in total. The number of amides is 1. The molecule has 2 aromatic heterocycles. The number of aromatic nitrogens is 3. The molecule has 1 fully saturated rings. The number of hydrogen-bond donors (Lipinski definition) is 1. The lowest BCUT2D eigenvalue weighted by Gasteiger charge is -2.15.